The van der Waals surface area contributed by atoms with Gasteiger partial charge in [-0.05, 0) is 24.6 Å². The molecule has 0 saturated carbocycles. The number of sulfonamides is 1. The standard InChI is InChI=1S/C13H20N2O4S/c1-10(15-8-13(16)5-6-19-9-13)11-3-2-4-12(7-11)20(14,17)18/h2-4,7,10,15-16H,5-6,8-9H2,1H3,(H2,14,17,18). The monoisotopic (exact) mass is 300 g/mol. The van der Waals surface area contributed by atoms with Crippen LogP contribution in [0.4, 0.5) is 0 Å². The van der Waals surface area contributed by atoms with Crippen LogP contribution in [-0.2, 0) is 14.8 Å². The lowest BCUT2D eigenvalue weighted by Crippen LogP contribution is -2.41. The molecule has 2 atom stereocenters. The van der Waals surface area contributed by atoms with Crippen LogP contribution in [0, 0.1) is 0 Å². The predicted molar refractivity (Wildman–Crippen MR) is 74.6 cm³/mol. The smallest absolute Gasteiger partial charge is 0.238 e. The van der Waals surface area contributed by atoms with E-state index in [0.29, 0.717) is 26.2 Å². The van der Waals surface area contributed by atoms with Gasteiger partial charge in [-0.25, -0.2) is 13.6 Å². The molecule has 112 valence electrons. The van der Waals surface area contributed by atoms with Crippen molar-refractivity contribution in [1.29, 1.82) is 0 Å². The molecule has 2 unspecified atom stereocenters. The molecule has 20 heavy (non-hydrogen) atoms. The minimum absolute atomic E-state index is 0.0894. The van der Waals surface area contributed by atoms with Gasteiger partial charge in [-0.15, -0.1) is 0 Å². The van der Waals surface area contributed by atoms with Crippen LogP contribution in [0.5, 0.6) is 0 Å². The van der Waals surface area contributed by atoms with Crippen LogP contribution in [-0.4, -0.2) is 38.9 Å². The quantitative estimate of drug-likeness (QED) is 0.718. The molecule has 1 saturated heterocycles. The lowest BCUT2D eigenvalue weighted by Gasteiger charge is -2.24. The summed E-state index contributed by atoms with van der Waals surface area (Å²) in [4.78, 5) is 0.0894. The Hall–Kier alpha value is -0.990. The Morgan fingerprint density at radius 1 is 1.55 bits per heavy atom. The zero-order chi connectivity index (χ0) is 14.8. The van der Waals surface area contributed by atoms with Crippen molar-refractivity contribution in [3.05, 3.63) is 29.8 Å². The molecule has 1 heterocycles. The molecular formula is C13H20N2O4S. The number of benzene rings is 1. The predicted octanol–water partition coefficient (Wildman–Crippen LogP) is 0.136. The third-order valence-electron chi connectivity index (χ3n) is 3.51. The maximum atomic E-state index is 11.3. The van der Waals surface area contributed by atoms with E-state index >= 15 is 0 Å². The van der Waals surface area contributed by atoms with Gasteiger partial charge < -0.3 is 15.2 Å². The van der Waals surface area contributed by atoms with Gasteiger partial charge in [-0.1, -0.05) is 12.1 Å². The van der Waals surface area contributed by atoms with Gasteiger partial charge in [-0.2, -0.15) is 0 Å². The van der Waals surface area contributed by atoms with Crippen LogP contribution in [0.3, 0.4) is 0 Å². The summed E-state index contributed by atoms with van der Waals surface area (Å²) < 4.78 is 27.8. The molecule has 1 aromatic carbocycles. The van der Waals surface area contributed by atoms with Crippen molar-refractivity contribution in [2.45, 2.75) is 29.9 Å². The third kappa shape index (κ3) is 3.77. The van der Waals surface area contributed by atoms with E-state index < -0.39 is 15.6 Å². The van der Waals surface area contributed by atoms with Crippen molar-refractivity contribution in [3.8, 4) is 0 Å². The van der Waals surface area contributed by atoms with Crippen molar-refractivity contribution >= 4 is 10.0 Å². The number of nitrogens with one attached hydrogen (secondary N) is 1. The highest BCUT2D eigenvalue weighted by atomic mass is 32.2. The summed E-state index contributed by atoms with van der Waals surface area (Å²) in [5, 5.41) is 18.5. The van der Waals surface area contributed by atoms with Gasteiger partial charge in [0.25, 0.3) is 0 Å². The van der Waals surface area contributed by atoms with Crippen molar-refractivity contribution in [1.82, 2.24) is 5.32 Å². The molecule has 0 bridgehead atoms. The van der Waals surface area contributed by atoms with E-state index in [-0.39, 0.29) is 10.9 Å². The van der Waals surface area contributed by atoms with Gasteiger partial charge in [0.1, 0.15) is 5.60 Å². The Morgan fingerprint density at radius 3 is 2.90 bits per heavy atom. The normalized spacial score (nSPS) is 24.8. The number of aliphatic hydroxyl groups is 1. The van der Waals surface area contributed by atoms with E-state index in [1.807, 2.05) is 13.0 Å². The van der Waals surface area contributed by atoms with Crippen LogP contribution >= 0.6 is 0 Å². The van der Waals surface area contributed by atoms with Crippen LogP contribution in [0.1, 0.15) is 24.9 Å². The molecule has 2 rings (SSSR count). The number of primary sulfonamides is 1. The van der Waals surface area contributed by atoms with Gasteiger partial charge in [0.2, 0.25) is 10.0 Å². The van der Waals surface area contributed by atoms with Gasteiger partial charge in [0.15, 0.2) is 0 Å². The van der Waals surface area contributed by atoms with Crippen LogP contribution in [0.2, 0.25) is 0 Å². The molecule has 0 amide bonds. The molecule has 0 aliphatic carbocycles. The second-order valence-electron chi connectivity index (χ2n) is 5.25. The average molecular weight is 300 g/mol. The Morgan fingerprint density at radius 2 is 2.30 bits per heavy atom. The maximum Gasteiger partial charge on any atom is 0.238 e. The van der Waals surface area contributed by atoms with Crippen molar-refractivity contribution in [2.24, 2.45) is 5.14 Å². The molecule has 1 aliphatic heterocycles. The second kappa shape index (κ2) is 5.79. The van der Waals surface area contributed by atoms with Gasteiger partial charge in [-0.3, -0.25) is 0 Å². The maximum absolute atomic E-state index is 11.3. The van der Waals surface area contributed by atoms with E-state index in [2.05, 4.69) is 5.32 Å². The first-order valence-corrected chi connectivity index (χ1v) is 8.01. The van der Waals surface area contributed by atoms with Crippen molar-refractivity contribution < 1.29 is 18.3 Å². The number of hydrogen-bond donors (Lipinski definition) is 3. The fourth-order valence-corrected chi connectivity index (χ4v) is 2.73. The number of rotatable bonds is 5. The third-order valence-corrected chi connectivity index (χ3v) is 4.42. The summed E-state index contributed by atoms with van der Waals surface area (Å²) in [6.45, 7) is 3.19. The topological polar surface area (TPSA) is 102 Å². The van der Waals surface area contributed by atoms with Gasteiger partial charge in [0.05, 0.1) is 11.5 Å². The number of hydrogen-bond acceptors (Lipinski definition) is 5. The van der Waals surface area contributed by atoms with Crippen LogP contribution in [0.25, 0.3) is 0 Å². The largest absolute Gasteiger partial charge is 0.386 e. The Bertz CT molecular complexity index is 567. The number of ether oxygens (including phenoxy) is 1. The van der Waals surface area contributed by atoms with Gasteiger partial charge in [0, 0.05) is 25.6 Å². The summed E-state index contributed by atoms with van der Waals surface area (Å²) >= 11 is 0. The first-order chi connectivity index (χ1) is 9.30. The van der Waals surface area contributed by atoms with Crippen LogP contribution in [0.15, 0.2) is 29.2 Å². The average Bonchev–Trinajstić information content (AvgIpc) is 2.83. The second-order valence-corrected chi connectivity index (χ2v) is 6.81. The molecular weight excluding hydrogens is 280 g/mol. The van der Waals surface area contributed by atoms with E-state index in [0.717, 1.165) is 5.56 Å². The van der Waals surface area contributed by atoms with Crippen molar-refractivity contribution in [3.63, 3.8) is 0 Å². The molecule has 0 radical (unpaired) electrons. The van der Waals surface area contributed by atoms with Crippen LogP contribution < -0.4 is 10.5 Å². The molecule has 0 spiro atoms. The minimum Gasteiger partial charge on any atom is -0.386 e. The molecule has 1 aromatic rings. The first-order valence-electron chi connectivity index (χ1n) is 6.46. The number of nitrogens with two attached hydrogens (primary N) is 1. The molecule has 4 N–H and O–H groups in total. The summed E-state index contributed by atoms with van der Waals surface area (Å²) in [5.74, 6) is 0. The Kier molecular flexibility index (Phi) is 4.46. The van der Waals surface area contributed by atoms with E-state index in [4.69, 9.17) is 9.88 Å². The van der Waals surface area contributed by atoms with E-state index in [9.17, 15) is 13.5 Å². The molecule has 7 heteroatoms. The summed E-state index contributed by atoms with van der Waals surface area (Å²) in [7, 11) is -3.70. The SMILES string of the molecule is CC(NCC1(O)CCOC1)c1cccc(S(N)(=O)=O)c1. The zero-order valence-corrected chi connectivity index (χ0v) is 12.2. The summed E-state index contributed by atoms with van der Waals surface area (Å²) in [5.41, 5.74) is -0.0368. The van der Waals surface area contributed by atoms with E-state index in [1.54, 1.807) is 12.1 Å². The highest BCUT2D eigenvalue weighted by Crippen LogP contribution is 2.20. The molecule has 0 aromatic heterocycles. The van der Waals surface area contributed by atoms with Crippen molar-refractivity contribution in [2.75, 3.05) is 19.8 Å². The molecule has 1 aliphatic rings. The van der Waals surface area contributed by atoms with Gasteiger partial charge >= 0.3 is 0 Å². The van der Waals surface area contributed by atoms with E-state index in [1.165, 1.54) is 6.07 Å². The Labute approximate surface area is 119 Å². The lowest BCUT2D eigenvalue weighted by molar-refractivity contribution is 0.0252. The summed E-state index contributed by atoms with van der Waals surface area (Å²) in [6, 6.07) is 6.38. The highest BCUT2D eigenvalue weighted by molar-refractivity contribution is 7.89. The first kappa shape index (κ1) is 15.4. The fraction of sp³-hybridized carbons (Fsp3) is 0.538. The minimum atomic E-state index is -3.70. The zero-order valence-electron chi connectivity index (χ0n) is 11.4. The summed E-state index contributed by atoms with van der Waals surface area (Å²) in [6.07, 6.45) is 0.601. The highest BCUT2D eigenvalue weighted by Gasteiger charge is 2.32. The Balaban J connectivity index is 2.04. The fourth-order valence-electron chi connectivity index (χ4n) is 2.16. The molecule has 1 fully saturated rings. The lowest BCUT2D eigenvalue weighted by atomic mass is 10.0. The molecule has 6 nitrogen and oxygen atoms in total.